The van der Waals surface area contributed by atoms with Crippen LogP contribution in [0.25, 0.3) is 10.9 Å². The molecule has 2 rings (SSSR count). The van der Waals surface area contributed by atoms with Crippen LogP contribution < -0.4 is 5.32 Å². The molecule has 84 valence electrons. The fraction of sp³-hybridized carbons (Fsp3) is 0.250. The molecule has 1 heterocycles. The van der Waals surface area contributed by atoms with Crippen molar-refractivity contribution in [1.82, 2.24) is 10.3 Å². The van der Waals surface area contributed by atoms with Gasteiger partial charge in [0, 0.05) is 29.7 Å². The number of aromatic nitrogens is 1. The van der Waals surface area contributed by atoms with Gasteiger partial charge < -0.3 is 10.3 Å². The maximum atomic E-state index is 11.7. The van der Waals surface area contributed by atoms with Gasteiger partial charge in [-0.25, -0.2) is 0 Å². The van der Waals surface area contributed by atoms with Crippen molar-refractivity contribution in [2.24, 2.45) is 0 Å². The predicted molar refractivity (Wildman–Crippen MR) is 66.0 cm³/mol. The zero-order chi connectivity index (χ0) is 11.4. The number of benzene rings is 1. The average Bonchev–Trinajstić information content (AvgIpc) is 2.76. The van der Waals surface area contributed by atoms with E-state index in [0.29, 0.717) is 18.0 Å². The molecule has 0 spiro atoms. The number of aromatic amines is 1. The third-order valence-corrected chi connectivity index (χ3v) is 2.68. The average molecular weight is 237 g/mol. The van der Waals surface area contributed by atoms with Gasteiger partial charge in [0.05, 0.1) is 0 Å². The summed E-state index contributed by atoms with van der Waals surface area (Å²) in [5.74, 6) is 0.511. The first-order valence-electron chi connectivity index (χ1n) is 5.22. The Morgan fingerprint density at radius 3 is 3.06 bits per heavy atom. The summed E-state index contributed by atoms with van der Waals surface area (Å²) in [5, 5.41) is 3.93. The van der Waals surface area contributed by atoms with Crippen LogP contribution in [0.15, 0.2) is 30.5 Å². The lowest BCUT2D eigenvalue weighted by molar-refractivity contribution is 0.0954. The van der Waals surface area contributed by atoms with Crippen LogP contribution in [0.1, 0.15) is 16.8 Å². The van der Waals surface area contributed by atoms with Crippen LogP contribution in [0.5, 0.6) is 0 Å². The minimum absolute atomic E-state index is 0.0541. The SMILES string of the molecule is O=C(NCCCCl)c1ccc2cc[nH]c2c1. The van der Waals surface area contributed by atoms with E-state index >= 15 is 0 Å². The topological polar surface area (TPSA) is 44.9 Å². The van der Waals surface area contributed by atoms with Crippen LogP contribution in [-0.2, 0) is 0 Å². The molecule has 1 aromatic carbocycles. The lowest BCUT2D eigenvalue weighted by atomic mass is 10.1. The van der Waals surface area contributed by atoms with E-state index in [1.807, 2.05) is 30.5 Å². The maximum Gasteiger partial charge on any atom is 0.251 e. The van der Waals surface area contributed by atoms with Crippen molar-refractivity contribution >= 4 is 28.4 Å². The molecule has 0 fully saturated rings. The van der Waals surface area contributed by atoms with E-state index < -0.39 is 0 Å². The summed E-state index contributed by atoms with van der Waals surface area (Å²) in [6, 6.07) is 7.59. The molecule has 0 saturated heterocycles. The van der Waals surface area contributed by atoms with Crippen LogP contribution in [0, 0.1) is 0 Å². The van der Waals surface area contributed by atoms with Gasteiger partial charge >= 0.3 is 0 Å². The largest absolute Gasteiger partial charge is 0.361 e. The number of hydrogen-bond acceptors (Lipinski definition) is 1. The lowest BCUT2D eigenvalue weighted by Crippen LogP contribution is -2.24. The molecule has 16 heavy (non-hydrogen) atoms. The van der Waals surface area contributed by atoms with Gasteiger partial charge in [-0.05, 0) is 30.0 Å². The summed E-state index contributed by atoms with van der Waals surface area (Å²) in [4.78, 5) is 14.8. The van der Waals surface area contributed by atoms with E-state index in [1.165, 1.54) is 0 Å². The quantitative estimate of drug-likeness (QED) is 0.622. The van der Waals surface area contributed by atoms with E-state index in [-0.39, 0.29) is 5.91 Å². The number of rotatable bonds is 4. The van der Waals surface area contributed by atoms with E-state index in [9.17, 15) is 4.79 Å². The van der Waals surface area contributed by atoms with Crippen molar-refractivity contribution < 1.29 is 4.79 Å². The van der Waals surface area contributed by atoms with Crippen LogP contribution >= 0.6 is 11.6 Å². The summed E-state index contributed by atoms with van der Waals surface area (Å²) in [6.45, 7) is 0.616. The molecule has 1 amide bonds. The number of fused-ring (bicyclic) bond motifs is 1. The van der Waals surface area contributed by atoms with E-state index in [2.05, 4.69) is 10.3 Å². The Morgan fingerprint density at radius 1 is 1.38 bits per heavy atom. The molecule has 0 aliphatic heterocycles. The molecule has 0 radical (unpaired) electrons. The Hall–Kier alpha value is -1.48. The summed E-state index contributed by atoms with van der Waals surface area (Å²) < 4.78 is 0. The molecule has 0 atom stereocenters. The molecule has 1 aromatic heterocycles. The highest BCUT2D eigenvalue weighted by molar-refractivity contribution is 6.17. The Morgan fingerprint density at radius 2 is 2.25 bits per heavy atom. The number of alkyl halides is 1. The number of nitrogens with one attached hydrogen (secondary N) is 2. The first-order chi connectivity index (χ1) is 7.81. The smallest absolute Gasteiger partial charge is 0.251 e. The summed E-state index contributed by atoms with van der Waals surface area (Å²) in [7, 11) is 0. The Bertz CT molecular complexity index is 492. The molecule has 0 aliphatic carbocycles. The van der Waals surface area contributed by atoms with Gasteiger partial charge in [0.25, 0.3) is 5.91 Å². The summed E-state index contributed by atoms with van der Waals surface area (Å²) in [5.41, 5.74) is 1.65. The van der Waals surface area contributed by atoms with Gasteiger partial charge in [0.15, 0.2) is 0 Å². The van der Waals surface area contributed by atoms with Crippen LogP contribution in [0.2, 0.25) is 0 Å². The molecule has 2 aromatic rings. The van der Waals surface area contributed by atoms with Gasteiger partial charge in [0.1, 0.15) is 0 Å². The van der Waals surface area contributed by atoms with Crippen LogP contribution in [-0.4, -0.2) is 23.3 Å². The second-order valence-corrected chi connectivity index (χ2v) is 3.96. The molecule has 0 bridgehead atoms. The highest BCUT2D eigenvalue weighted by Crippen LogP contribution is 2.13. The monoisotopic (exact) mass is 236 g/mol. The van der Waals surface area contributed by atoms with Crippen molar-refractivity contribution in [2.45, 2.75) is 6.42 Å². The number of H-pyrrole nitrogens is 1. The predicted octanol–water partition coefficient (Wildman–Crippen LogP) is 2.53. The van der Waals surface area contributed by atoms with Gasteiger partial charge in [-0.3, -0.25) is 4.79 Å². The number of amides is 1. The van der Waals surface area contributed by atoms with Gasteiger partial charge in [-0.1, -0.05) is 6.07 Å². The van der Waals surface area contributed by atoms with E-state index in [4.69, 9.17) is 11.6 Å². The zero-order valence-corrected chi connectivity index (χ0v) is 9.55. The van der Waals surface area contributed by atoms with E-state index in [0.717, 1.165) is 17.3 Å². The van der Waals surface area contributed by atoms with Crippen molar-refractivity contribution in [1.29, 1.82) is 0 Å². The number of halogens is 1. The van der Waals surface area contributed by atoms with Crippen molar-refractivity contribution in [3.05, 3.63) is 36.0 Å². The summed E-state index contributed by atoms with van der Waals surface area (Å²) in [6.07, 6.45) is 2.65. The van der Waals surface area contributed by atoms with Gasteiger partial charge in [-0.15, -0.1) is 11.6 Å². The number of carbonyl (C=O) groups excluding carboxylic acids is 1. The third-order valence-electron chi connectivity index (χ3n) is 2.41. The zero-order valence-electron chi connectivity index (χ0n) is 8.79. The molecule has 4 heteroatoms. The molecule has 0 unspecified atom stereocenters. The van der Waals surface area contributed by atoms with Crippen molar-refractivity contribution in [3.8, 4) is 0 Å². The van der Waals surface area contributed by atoms with Gasteiger partial charge in [-0.2, -0.15) is 0 Å². The minimum Gasteiger partial charge on any atom is -0.361 e. The molecular formula is C12H13ClN2O. The Labute approximate surface area is 98.8 Å². The van der Waals surface area contributed by atoms with Crippen LogP contribution in [0.4, 0.5) is 0 Å². The molecular weight excluding hydrogens is 224 g/mol. The highest BCUT2D eigenvalue weighted by Gasteiger charge is 2.05. The van der Waals surface area contributed by atoms with Crippen LogP contribution in [0.3, 0.4) is 0 Å². The fourth-order valence-electron chi connectivity index (χ4n) is 1.56. The third kappa shape index (κ3) is 2.36. The first-order valence-corrected chi connectivity index (χ1v) is 5.76. The standard InChI is InChI=1S/C12H13ClN2O/c13-5-1-6-15-12(16)10-3-2-9-4-7-14-11(9)8-10/h2-4,7-8,14H,1,5-6H2,(H,15,16). The maximum absolute atomic E-state index is 11.7. The Kier molecular flexibility index (Phi) is 3.47. The molecule has 2 N–H and O–H groups in total. The normalized spacial score (nSPS) is 10.6. The Balaban J connectivity index is 2.10. The number of carbonyl (C=O) groups is 1. The van der Waals surface area contributed by atoms with Crippen molar-refractivity contribution in [2.75, 3.05) is 12.4 Å². The van der Waals surface area contributed by atoms with Crippen molar-refractivity contribution in [3.63, 3.8) is 0 Å². The number of hydrogen-bond donors (Lipinski definition) is 2. The molecule has 0 saturated carbocycles. The second-order valence-electron chi connectivity index (χ2n) is 3.58. The minimum atomic E-state index is -0.0541. The highest BCUT2D eigenvalue weighted by atomic mass is 35.5. The summed E-state index contributed by atoms with van der Waals surface area (Å²) >= 11 is 5.54. The van der Waals surface area contributed by atoms with Gasteiger partial charge in [0.2, 0.25) is 0 Å². The fourth-order valence-corrected chi connectivity index (χ4v) is 1.69. The second kappa shape index (κ2) is 5.03. The lowest BCUT2D eigenvalue weighted by Gasteiger charge is -2.03. The molecule has 0 aliphatic rings. The van der Waals surface area contributed by atoms with E-state index in [1.54, 1.807) is 0 Å². The molecule has 3 nitrogen and oxygen atoms in total. The first kappa shape index (κ1) is 11.0.